The Labute approximate surface area is 251 Å². The topological polar surface area (TPSA) is 164 Å². The summed E-state index contributed by atoms with van der Waals surface area (Å²) in [5.41, 5.74) is -0.626. The number of methoxy groups -OCH3 is 1. The van der Waals surface area contributed by atoms with Crippen LogP contribution >= 0.6 is 0 Å². The van der Waals surface area contributed by atoms with Crippen LogP contribution in [0.4, 0.5) is 34.8 Å². The first-order valence-electron chi connectivity index (χ1n) is 13.8. The number of anilines is 3. The summed E-state index contributed by atoms with van der Waals surface area (Å²) in [6.45, 7) is 0. The first-order valence-corrected chi connectivity index (χ1v) is 13.8. The number of amides is 2. The number of ether oxygens (including phenoxy) is 1. The standard InChI is InChI=1S/C29H25F4N7O5/c1-44-27-21(24(34-12-35-27)36-16-6-4-13(5-7-16)23-39-28(43)45-40-23)26(42)38-22-15-3-2-14(10-15)20(22)25(41)37-17-8-9-19(30)18(11-17)29(31,32)33/h4-9,11-12,14-15,20,22H,2-3,10H2,1H3,(H,37,41)(H,38,42)(H,34,35,36)(H,39,40,43)/t14-,15+,20+,22-/m1/s1. The summed E-state index contributed by atoms with van der Waals surface area (Å²) in [6, 6.07) is 8.26. The van der Waals surface area contributed by atoms with Crippen molar-refractivity contribution < 1.29 is 36.4 Å². The molecule has 0 radical (unpaired) electrons. The third kappa shape index (κ3) is 5.94. The SMILES string of the molecule is COc1ncnc(Nc2ccc(-c3noc(=O)[nH]3)cc2)c1C(=O)N[C@@H]1[C@H]2CC[C@H](C2)[C@@H]1C(=O)Nc1ccc(F)c(C(F)(F)F)c1. The van der Waals surface area contributed by atoms with Gasteiger partial charge in [0, 0.05) is 23.0 Å². The van der Waals surface area contributed by atoms with Gasteiger partial charge in [-0.15, -0.1) is 0 Å². The molecule has 0 spiro atoms. The molecule has 2 heterocycles. The molecule has 0 unspecified atom stereocenters. The predicted molar refractivity (Wildman–Crippen MR) is 150 cm³/mol. The van der Waals surface area contributed by atoms with Gasteiger partial charge in [0.2, 0.25) is 11.8 Å². The maximum atomic E-state index is 13.8. The highest BCUT2D eigenvalue weighted by molar-refractivity contribution is 6.02. The molecule has 0 saturated heterocycles. The average molecular weight is 628 g/mol. The van der Waals surface area contributed by atoms with Crippen LogP contribution in [0.15, 0.2) is 58.1 Å². The summed E-state index contributed by atoms with van der Waals surface area (Å²) in [5.74, 6) is -3.92. The van der Waals surface area contributed by atoms with Gasteiger partial charge in [0.15, 0.2) is 11.6 Å². The molecule has 12 nitrogen and oxygen atoms in total. The van der Waals surface area contributed by atoms with E-state index in [1.54, 1.807) is 24.3 Å². The average Bonchev–Trinajstić information content (AvgIpc) is 3.74. The Hall–Kier alpha value is -5.28. The van der Waals surface area contributed by atoms with E-state index in [0.29, 0.717) is 29.8 Å². The van der Waals surface area contributed by atoms with Gasteiger partial charge in [0.25, 0.3) is 5.91 Å². The van der Waals surface area contributed by atoms with Crippen molar-refractivity contribution in [1.82, 2.24) is 25.4 Å². The smallest absolute Gasteiger partial charge is 0.439 e. The molecule has 4 atom stereocenters. The maximum absolute atomic E-state index is 13.8. The fourth-order valence-corrected chi connectivity index (χ4v) is 6.17. The van der Waals surface area contributed by atoms with Crippen molar-refractivity contribution in [3.8, 4) is 17.3 Å². The molecule has 6 rings (SSSR count). The molecule has 234 valence electrons. The number of aromatic amines is 1. The molecular weight excluding hydrogens is 602 g/mol. The van der Waals surface area contributed by atoms with E-state index < -0.39 is 47.1 Å². The third-order valence-corrected chi connectivity index (χ3v) is 8.15. The second kappa shape index (κ2) is 11.7. The molecule has 45 heavy (non-hydrogen) atoms. The number of carbonyl (C=O) groups is 2. The number of aromatic nitrogens is 4. The van der Waals surface area contributed by atoms with Crippen LogP contribution < -0.4 is 26.4 Å². The van der Waals surface area contributed by atoms with E-state index >= 15 is 0 Å². The zero-order valence-electron chi connectivity index (χ0n) is 23.4. The molecule has 2 aromatic carbocycles. The van der Waals surface area contributed by atoms with E-state index in [2.05, 4.69) is 40.6 Å². The second-order valence-corrected chi connectivity index (χ2v) is 10.8. The zero-order valence-corrected chi connectivity index (χ0v) is 23.4. The Balaban J connectivity index is 1.22. The number of alkyl halides is 3. The van der Waals surface area contributed by atoms with Gasteiger partial charge in [0.05, 0.1) is 18.6 Å². The lowest BCUT2D eigenvalue weighted by atomic mass is 9.83. The summed E-state index contributed by atoms with van der Waals surface area (Å²) in [7, 11) is 1.34. The van der Waals surface area contributed by atoms with Crippen LogP contribution in [-0.4, -0.2) is 45.1 Å². The Morgan fingerprint density at radius 2 is 1.78 bits per heavy atom. The number of benzene rings is 2. The minimum absolute atomic E-state index is 0.0276. The summed E-state index contributed by atoms with van der Waals surface area (Å²) in [4.78, 5) is 49.2. The van der Waals surface area contributed by atoms with Crippen molar-refractivity contribution in [3.05, 3.63) is 76.3 Å². The van der Waals surface area contributed by atoms with Gasteiger partial charge in [-0.1, -0.05) is 5.16 Å². The number of rotatable bonds is 8. The Morgan fingerprint density at radius 3 is 2.47 bits per heavy atom. The van der Waals surface area contributed by atoms with E-state index in [1.165, 1.54) is 13.4 Å². The predicted octanol–water partition coefficient (Wildman–Crippen LogP) is 4.51. The monoisotopic (exact) mass is 627 g/mol. The molecule has 4 N–H and O–H groups in total. The lowest BCUT2D eigenvalue weighted by Gasteiger charge is -2.31. The summed E-state index contributed by atoms with van der Waals surface area (Å²) in [5, 5.41) is 12.1. The molecule has 16 heteroatoms. The number of nitrogens with one attached hydrogen (secondary N) is 4. The highest BCUT2D eigenvalue weighted by Crippen LogP contribution is 2.49. The van der Waals surface area contributed by atoms with Crippen LogP contribution in [-0.2, 0) is 11.0 Å². The van der Waals surface area contributed by atoms with Gasteiger partial charge in [-0.3, -0.25) is 19.1 Å². The quantitative estimate of drug-likeness (QED) is 0.206. The Bertz CT molecular complexity index is 1810. The van der Waals surface area contributed by atoms with Crippen LogP contribution in [0.2, 0.25) is 0 Å². The van der Waals surface area contributed by atoms with Crippen LogP contribution in [0.3, 0.4) is 0 Å². The molecule has 2 aliphatic carbocycles. The van der Waals surface area contributed by atoms with Crippen LogP contribution in [0, 0.1) is 23.6 Å². The third-order valence-electron chi connectivity index (χ3n) is 8.15. The first-order chi connectivity index (χ1) is 21.5. The van der Waals surface area contributed by atoms with Crippen LogP contribution in [0.5, 0.6) is 5.88 Å². The normalized spacial score (nSPS) is 20.6. The number of halogens is 4. The van der Waals surface area contributed by atoms with Gasteiger partial charge in [0.1, 0.15) is 17.7 Å². The second-order valence-electron chi connectivity index (χ2n) is 10.8. The molecule has 2 saturated carbocycles. The maximum Gasteiger partial charge on any atom is 0.439 e. The van der Waals surface area contributed by atoms with Crippen LogP contribution in [0.1, 0.15) is 35.2 Å². The number of hydrogen-bond acceptors (Lipinski definition) is 9. The Morgan fingerprint density at radius 1 is 1.04 bits per heavy atom. The molecule has 2 aliphatic rings. The van der Waals surface area contributed by atoms with Crippen molar-refractivity contribution in [2.45, 2.75) is 31.5 Å². The van der Waals surface area contributed by atoms with Crippen molar-refractivity contribution in [2.24, 2.45) is 17.8 Å². The van der Waals surface area contributed by atoms with Gasteiger partial charge in [-0.25, -0.2) is 19.2 Å². The minimum atomic E-state index is -4.93. The zero-order chi connectivity index (χ0) is 31.9. The lowest BCUT2D eigenvalue weighted by molar-refractivity contribution is -0.140. The largest absolute Gasteiger partial charge is 0.480 e. The summed E-state index contributed by atoms with van der Waals surface area (Å²) < 4.78 is 63.4. The van der Waals surface area contributed by atoms with Gasteiger partial charge in [-0.2, -0.15) is 13.2 Å². The molecule has 4 aromatic rings. The number of fused-ring (bicyclic) bond motifs is 2. The molecule has 0 aliphatic heterocycles. The number of hydrogen-bond donors (Lipinski definition) is 4. The van der Waals surface area contributed by atoms with Crippen molar-refractivity contribution >= 4 is 29.0 Å². The summed E-state index contributed by atoms with van der Waals surface area (Å²) >= 11 is 0. The number of carbonyl (C=O) groups excluding carboxylic acids is 2. The van der Waals surface area contributed by atoms with E-state index in [-0.39, 0.29) is 40.6 Å². The molecular formula is C29H25F4N7O5. The lowest BCUT2D eigenvalue weighted by Crippen LogP contribution is -2.48. The van der Waals surface area contributed by atoms with Crippen molar-refractivity contribution in [3.63, 3.8) is 0 Å². The number of nitrogens with zero attached hydrogens (tertiary/aromatic N) is 3. The molecule has 2 amide bonds. The van der Waals surface area contributed by atoms with E-state index in [4.69, 9.17) is 4.74 Å². The fourth-order valence-electron chi connectivity index (χ4n) is 6.17. The van der Waals surface area contributed by atoms with Crippen molar-refractivity contribution in [2.75, 3.05) is 17.7 Å². The first kappa shape index (κ1) is 29.8. The molecule has 2 fully saturated rings. The number of H-pyrrole nitrogens is 1. The van der Waals surface area contributed by atoms with E-state index in [1.807, 2.05) is 0 Å². The van der Waals surface area contributed by atoms with Gasteiger partial charge >= 0.3 is 11.9 Å². The highest BCUT2D eigenvalue weighted by atomic mass is 19.4. The van der Waals surface area contributed by atoms with Crippen LogP contribution in [0.25, 0.3) is 11.4 Å². The van der Waals surface area contributed by atoms with E-state index in [9.17, 15) is 31.9 Å². The fraction of sp³-hybridized carbons (Fsp3) is 0.310. The van der Waals surface area contributed by atoms with Gasteiger partial charge in [-0.05, 0) is 73.6 Å². The van der Waals surface area contributed by atoms with Gasteiger partial charge < -0.3 is 20.7 Å². The summed E-state index contributed by atoms with van der Waals surface area (Å²) in [6.07, 6.45) is -1.61. The van der Waals surface area contributed by atoms with Crippen molar-refractivity contribution in [1.29, 1.82) is 0 Å². The van der Waals surface area contributed by atoms with E-state index in [0.717, 1.165) is 18.9 Å². The Kier molecular flexibility index (Phi) is 7.72. The minimum Gasteiger partial charge on any atom is -0.480 e. The molecule has 2 aromatic heterocycles. The highest BCUT2D eigenvalue weighted by Gasteiger charge is 2.51. The molecule has 2 bridgehead atoms.